The molecule has 0 spiro atoms. The van der Waals surface area contributed by atoms with Crippen LogP contribution in [0.5, 0.6) is 0 Å². The molecular weight excluding hydrogens is 619 g/mol. The summed E-state index contributed by atoms with van der Waals surface area (Å²) in [6.07, 6.45) is 3.17. The zero-order valence-electron chi connectivity index (χ0n) is 27.0. The summed E-state index contributed by atoms with van der Waals surface area (Å²) in [6.45, 7) is 8.42. The van der Waals surface area contributed by atoms with Crippen LogP contribution in [0.2, 0.25) is 0 Å². The zero-order valence-corrected chi connectivity index (χ0v) is 27.9. The standard InChI is InChI=1S/C22H18N2O2S.C18H15NO2/c1-14-7-8-16(9-15(14)2)21(25)19-11-24(10-17-12-27-13-23-17)20-6-4-3-5-18(20)22(19)26;1-11-7-8-13(9-12(11)2)17(20)15-10-19-16-6-4-3-5-14(16)18(15)21/h3-9,11-13H,10H2,1-2H3;3-10H,1-2H3,(H,19,21). The number of aromatic nitrogens is 3. The first-order valence-corrected chi connectivity index (χ1v) is 16.4. The SMILES string of the molecule is Cc1ccc(C(=O)c2c[nH]c3ccccc3c2=O)cc1C.Cc1ccc(C(=O)c2cn(Cc3cscn3)c3ccccc3c2=O)cc1C. The second-order valence-corrected chi connectivity index (χ2v) is 12.5. The number of pyridine rings is 2. The number of carbonyl (C=O) groups is 2. The maximum atomic E-state index is 13.1. The van der Waals surface area contributed by atoms with Gasteiger partial charge in [0.2, 0.25) is 10.9 Å². The lowest BCUT2D eigenvalue weighted by Crippen LogP contribution is -2.20. The first-order valence-electron chi connectivity index (χ1n) is 15.5. The van der Waals surface area contributed by atoms with Gasteiger partial charge in [0.05, 0.1) is 34.4 Å². The monoisotopic (exact) mass is 651 g/mol. The highest BCUT2D eigenvalue weighted by Gasteiger charge is 2.18. The number of fused-ring (bicyclic) bond motifs is 2. The Kier molecular flexibility index (Phi) is 9.10. The fourth-order valence-electron chi connectivity index (χ4n) is 5.54. The Labute approximate surface area is 281 Å². The van der Waals surface area contributed by atoms with Gasteiger partial charge in [-0.1, -0.05) is 48.5 Å². The molecule has 0 saturated heterocycles. The zero-order chi connectivity index (χ0) is 33.9. The summed E-state index contributed by atoms with van der Waals surface area (Å²) in [4.78, 5) is 58.5. The number of benzene rings is 4. The fourth-order valence-corrected chi connectivity index (χ4v) is 6.09. The molecule has 7 rings (SSSR count). The van der Waals surface area contributed by atoms with Gasteiger partial charge in [-0.2, -0.15) is 0 Å². The second kappa shape index (κ2) is 13.6. The fraction of sp³-hybridized carbons (Fsp3) is 0.125. The lowest BCUT2D eigenvalue weighted by Gasteiger charge is -2.12. The van der Waals surface area contributed by atoms with E-state index in [2.05, 4.69) is 9.97 Å². The van der Waals surface area contributed by atoms with Gasteiger partial charge in [-0.3, -0.25) is 19.2 Å². The molecule has 3 aromatic heterocycles. The largest absolute Gasteiger partial charge is 0.360 e. The molecule has 0 unspecified atom stereocenters. The molecule has 3 heterocycles. The Bertz CT molecular complexity index is 2460. The van der Waals surface area contributed by atoms with E-state index < -0.39 is 0 Å². The number of para-hydroxylation sites is 2. The number of aryl methyl sites for hydroxylation is 4. The van der Waals surface area contributed by atoms with Crippen LogP contribution >= 0.6 is 11.3 Å². The normalized spacial score (nSPS) is 10.9. The van der Waals surface area contributed by atoms with Crippen molar-refractivity contribution in [2.24, 2.45) is 0 Å². The minimum Gasteiger partial charge on any atom is -0.360 e. The van der Waals surface area contributed by atoms with Crippen LogP contribution in [-0.2, 0) is 6.54 Å². The van der Waals surface area contributed by atoms with Crippen molar-refractivity contribution in [1.29, 1.82) is 0 Å². The van der Waals surface area contributed by atoms with E-state index in [9.17, 15) is 19.2 Å². The minimum atomic E-state index is -0.249. The summed E-state index contributed by atoms with van der Waals surface area (Å²) in [7, 11) is 0. The molecule has 0 aliphatic heterocycles. The van der Waals surface area contributed by atoms with Crippen molar-refractivity contribution in [3.05, 3.63) is 179 Å². The van der Waals surface area contributed by atoms with Crippen molar-refractivity contribution in [2.45, 2.75) is 34.2 Å². The summed E-state index contributed by atoms with van der Waals surface area (Å²) < 4.78 is 1.93. The van der Waals surface area contributed by atoms with Crippen LogP contribution < -0.4 is 10.9 Å². The predicted octanol–water partition coefficient (Wildman–Crippen LogP) is 7.73. The molecule has 0 amide bonds. The molecule has 0 radical (unpaired) electrons. The van der Waals surface area contributed by atoms with E-state index >= 15 is 0 Å². The average Bonchev–Trinajstić information content (AvgIpc) is 3.62. The lowest BCUT2D eigenvalue weighted by molar-refractivity contribution is 0.102. The molecule has 0 saturated carbocycles. The van der Waals surface area contributed by atoms with Crippen LogP contribution in [0.25, 0.3) is 21.8 Å². The highest BCUT2D eigenvalue weighted by atomic mass is 32.1. The Morgan fingerprint density at radius 3 is 1.92 bits per heavy atom. The maximum Gasteiger partial charge on any atom is 0.200 e. The number of aromatic amines is 1. The van der Waals surface area contributed by atoms with Gasteiger partial charge in [-0.05, 0) is 86.3 Å². The highest BCUT2D eigenvalue weighted by molar-refractivity contribution is 7.07. The van der Waals surface area contributed by atoms with Crippen LogP contribution in [0.4, 0.5) is 0 Å². The third-order valence-corrected chi connectivity index (χ3v) is 9.25. The Hall–Kier alpha value is -5.73. The number of rotatable bonds is 6. The van der Waals surface area contributed by atoms with Crippen molar-refractivity contribution in [2.75, 3.05) is 0 Å². The molecule has 7 aromatic rings. The number of ketones is 2. The van der Waals surface area contributed by atoms with Gasteiger partial charge in [0.1, 0.15) is 0 Å². The molecular formula is C40H33N3O4S. The third kappa shape index (κ3) is 6.43. The molecule has 0 bridgehead atoms. The van der Waals surface area contributed by atoms with Gasteiger partial charge < -0.3 is 9.55 Å². The Balaban J connectivity index is 0.000000173. The number of H-pyrrole nitrogens is 1. The van der Waals surface area contributed by atoms with Gasteiger partial charge in [0, 0.05) is 45.2 Å². The molecule has 0 aliphatic rings. The summed E-state index contributed by atoms with van der Waals surface area (Å²) >= 11 is 1.52. The van der Waals surface area contributed by atoms with Gasteiger partial charge in [-0.25, -0.2) is 4.98 Å². The second-order valence-electron chi connectivity index (χ2n) is 11.8. The summed E-state index contributed by atoms with van der Waals surface area (Å²) in [5, 5.41) is 3.05. The van der Waals surface area contributed by atoms with E-state index in [1.165, 1.54) is 17.5 Å². The van der Waals surface area contributed by atoms with Gasteiger partial charge in [0.15, 0.2) is 11.6 Å². The van der Waals surface area contributed by atoms with Crippen LogP contribution in [0, 0.1) is 27.7 Å². The summed E-state index contributed by atoms with van der Waals surface area (Å²) in [5.74, 6) is -0.494. The smallest absolute Gasteiger partial charge is 0.200 e. The van der Waals surface area contributed by atoms with Crippen molar-refractivity contribution < 1.29 is 9.59 Å². The maximum absolute atomic E-state index is 13.1. The topological polar surface area (TPSA) is 102 Å². The first-order chi connectivity index (χ1) is 23.1. The number of hydrogen-bond acceptors (Lipinski definition) is 6. The number of hydrogen-bond donors (Lipinski definition) is 1. The summed E-state index contributed by atoms with van der Waals surface area (Å²) in [5.41, 5.74) is 9.50. The van der Waals surface area contributed by atoms with E-state index in [1.54, 1.807) is 42.0 Å². The van der Waals surface area contributed by atoms with Gasteiger partial charge in [0.25, 0.3) is 0 Å². The molecule has 1 N–H and O–H groups in total. The minimum absolute atomic E-state index is 0.178. The summed E-state index contributed by atoms with van der Waals surface area (Å²) in [6, 6.07) is 25.6. The number of nitrogens with one attached hydrogen (secondary N) is 1. The van der Waals surface area contributed by atoms with Crippen LogP contribution in [0.15, 0.2) is 118 Å². The van der Waals surface area contributed by atoms with E-state index in [-0.39, 0.29) is 33.6 Å². The van der Waals surface area contributed by atoms with Crippen molar-refractivity contribution in [1.82, 2.24) is 14.5 Å². The highest BCUT2D eigenvalue weighted by Crippen LogP contribution is 2.18. The Morgan fingerprint density at radius 2 is 1.29 bits per heavy atom. The number of thiazole rings is 1. The quantitative estimate of drug-likeness (QED) is 0.186. The molecule has 0 fully saturated rings. The van der Waals surface area contributed by atoms with Crippen molar-refractivity contribution in [3.63, 3.8) is 0 Å². The van der Waals surface area contributed by atoms with Gasteiger partial charge in [-0.15, -0.1) is 11.3 Å². The van der Waals surface area contributed by atoms with E-state index in [0.29, 0.717) is 28.4 Å². The average molecular weight is 652 g/mol. The van der Waals surface area contributed by atoms with Crippen LogP contribution in [0.1, 0.15) is 59.8 Å². The number of nitrogens with zero attached hydrogens (tertiary/aromatic N) is 2. The van der Waals surface area contributed by atoms with E-state index in [1.807, 2.05) is 92.2 Å². The molecule has 238 valence electrons. The first kappa shape index (κ1) is 32.2. The van der Waals surface area contributed by atoms with Crippen LogP contribution in [0.3, 0.4) is 0 Å². The molecule has 7 nitrogen and oxygen atoms in total. The molecule has 0 atom stereocenters. The third-order valence-electron chi connectivity index (χ3n) is 8.62. The van der Waals surface area contributed by atoms with Crippen molar-refractivity contribution >= 4 is 44.7 Å². The van der Waals surface area contributed by atoms with E-state index in [4.69, 9.17) is 0 Å². The van der Waals surface area contributed by atoms with Crippen molar-refractivity contribution in [3.8, 4) is 0 Å². The predicted molar refractivity (Wildman–Crippen MR) is 193 cm³/mol. The van der Waals surface area contributed by atoms with Crippen LogP contribution in [-0.4, -0.2) is 26.1 Å². The lowest BCUT2D eigenvalue weighted by atomic mass is 9.99. The van der Waals surface area contributed by atoms with Gasteiger partial charge >= 0.3 is 0 Å². The molecule has 0 aliphatic carbocycles. The molecule has 4 aromatic carbocycles. The Morgan fingerprint density at radius 1 is 0.708 bits per heavy atom. The molecule has 48 heavy (non-hydrogen) atoms. The number of carbonyl (C=O) groups excluding carboxylic acids is 2. The molecule has 8 heteroatoms. The van der Waals surface area contributed by atoms with E-state index in [0.717, 1.165) is 39.0 Å².